The van der Waals surface area contributed by atoms with E-state index in [4.69, 9.17) is 4.74 Å². The van der Waals surface area contributed by atoms with Gasteiger partial charge in [-0.25, -0.2) is 4.79 Å². The van der Waals surface area contributed by atoms with E-state index >= 15 is 0 Å². The maximum Gasteiger partial charge on any atom is 0.321 e. The number of rotatable bonds is 8. The molecule has 182 valence electrons. The summed E-state index contributed by atoms with van der Waals surface area (Å²) in [5.74, 6) is 0.984. The molecule has 3 amide bonds. The summed E-state index contributed by atoms with van der Waals surface area (Å²) in [7, 11) is 0. The number of carbonyl (C=O) groups excluding carboxylic acids is 2. The van der Waals surface area contributed by atoms with Crippen molar-refractivity contribution in [3.8, 4) is 5.75 Å². The van der Waals surface area contributed by atoms with E-state index in [1.54, 1.807) is 0 Å². The summed E-state index contributed by atoms with van der Waals surface area (Å²) >= 11 is 0. The molecule has 2 aliphatic rings. The van der Waals surface area contributed by atoms with Gasteiger partial charge in [0.05, 0.1) is 6.61 Å². The summed E-state index contributed by atoms with van der Waals surface area (Å²) < 4.78 is 5.46. The minimum atomic E-state index is -0.0929. The molecule has 2 fully saturated rings. The standard InChI is InChI=1S/C27H36N4O3/c1-2-34-25-12-10-24(11-13-25)29-27(33)31-17-6-9-23(20-31)21-7-5-8-22(19-21)26(32)28-14-18-30-15-3-4-16-30/h5,7-8,10-13,19,23H,2-4,6,9,14-18,20H2,1H3,(H,28,32)(H,29,33)/t23-/m0/s1. The SMILES string of the molecule is CCOc1ccc(NC(=O)N2CCC[C@H](c3cccc(C(=O)NCCN4CCCC4)c3)C2)cc1. The molecule has 0 aromatic heterocycles. The van der Waals surface area contributed by atoms with Crippen molar-refractivity contribution >= 4 is 17.6 Å². The fraction of sp³-hybridized carbons (Fsp3) is 0.481. The molecule has 7 heteroatoms. The van der Waals surface area contributed by atoms with E-state index in [1.807, 2.05) is 54.3 Å². The van der Waals surface area contributed by atoms with Gasteiger partial charge in [0, 0.05) is 43.3 Å². The van der Waals surface area contributed by atoms with E-state index < -0.39 is 0 Å². The van der Waals surface area contributed by atoms with Gasteiger partial charge in [-0.2, -0.15) is 0 Å². The van der Waals surface area contributed by atoms with E-state index in [1.165, 1.54) is 12.8 Å². The van der Waals surface area contributed by atoms with Crippen LogP contribution in [0.1, 0.15) is 54.4 Å². The molecule has 0 saturated carbocycles. The summed E-state index contributed by atoms with van der Waals surface area (Å²) in [6.07, 6.45) is 4.46. The molecule has 2 saturated heterocycles. The molecule has 0 radical (unpaired) electrons. The third-order valence-corrected chi connectivity index (χ3v) is 6.66. The van der Waals surface area contributed by atoms with E-state index in [0.717, 1.165) is 56.0 Å². The van der Waals surface area contributed by atoms with Gasteiger partial charge in [-0.15, -0.1) is 0 Å². The molecule has 34 heavy (non-hydrogen) atoms. The molecule has 0 unspecified atom stereocenters. The highest BCUT2D eigenvalue weighted by Gasteiger charge is 2.25. The number of nitrogens with zero attached hydrogens (tertiary/aromatic N) is 2. The Morgan fingerprint density at radius 2 is 1.82 bits per heavy atom. The fourth-order valence-corrected chi connectivity index (χ4v) is 4.81. The molecule has 0 spiro atoms. The van der Waals surface area contributed by atoms with Crippen LogP contribution >= 0.6 is 0 Å². The van der Waals surface area contributed by atoms with Crippen LogP contribution in [0, 0.1) is 0 Å². The average molecular weight is 465 g/mol. The molecule has 0 bridgehead atoms. The maximum absolute atomic E-state index is 12.9. The Kier molecular flexibility index (Phi) is 8.41. The monoisotopic (exact) mass is 464 g/mol. The van der Waals surface area contributed by atoms with Crippen LogP contribution in [0.2, 0.25) is 0 Å². The first kappa shape index (κ1) is 24.1. The van der Waals surface area contributed by atoms with Gasteiger partial charge in [-0.3, -0.25) is 4.79 Å². The summed E-state index contributed by atoms with van der Waals surface area (Å²) in [4.78, 5) is 29.8. The topological polar surface area (TPSA) is 73.9 Å². The quantitative estimate of drug-likeness (QED) is 0.610. The third kappa shape index (κ3) is 6.50. The molecule has 2 heterocycles. The van der Waals surface area contributed by atoms with Crippen LogP contribution in [0.15, 0.2) is 48.5 Å². The van der Waals surface area contributed by atoms with Crippen LogP contribution in [-0.2, 0) is 0 Å². The van der Waals surface area contributed by atoms with Crippen molar-refractivity contribution in [1.82, 2.24) is 15.1 Å². The van der Waals surface area contributed by atoms with Crippen LogP contribution in [-0.4, -0.2) is 67.6 Å². The first-order valence-electron chi connectivity index (χ1n) is 12.5. The van der Waals surface area contributed by atoms with E-state index in [0.29, 0.717) is 25.3 Å². The zero-order valence-corrected chi connectivity index (χ0v) is 20.1. The van der Waals surface area contributed by atoms with Crippen LogP contribution in [0.4, 0.5) is 10.5 Å². The van der Waals surface area contributed by atoms with Crippen LogP contribution in [0.3, 0.4) is 0 Å². The van der Waals surface area contributed by atoms with Crippen LogP contribution in [0.25, 0.3) is 0 Å². The minimum Gasteiger partial charge on any atom is -0.494 e. The number of piperidine rings is 1. The Morgan fingerprint density at radius 1 is 1.03 bits per heavy atom. The van der Waals surface area contributed by atoms with E-state index in [9.17, 15) is 9.59 Å². The first-order valence-corrected chi connectivity index (χ1v) is 12.5. The number of hydrogen-bond acceptors (Lipinski definition) is 4. The molecule has 2 aromatic carbocycles. The summed E-state index contributed by atoms with van der Waals surface area (Å²) in [6, 6.07) is 15.2. The van der Waals surface area contributed by atoms with Gasteiger partial charge in [0.25, 0.3) is 5.91 Å². The van der Waals surface area contributed by atoms with E-state index in [-0.39, 0.29) is 17.9 Å². The Balaban J connectivity index is 1.31. The molecular formula is C27H36N4O3. The second-order valence-electron chi connectivity index (χ2n) is 9.10. The number of amides is 3. The predicted octanol–water partition coefficient (Wildman–Crippen LogP) is 4.32. The second-order valence-corrected chi connectivity index (χ2v) is 9.10. The highest BCUT2D eigenvalue weighted by Crippen LogP contribution is 2.28. The molecular weight excluding hydrogens is 428 g/mol. The summed E-state index contributed by atoms with van der Waals surface area (Å²) in [5.41, 5.74) is 2.56. The number of nitrogens with one attached hydrogen (secondary N) is 2. The number of benzene rings is 2. The van der Waals surface area contributed by atoms with Gasteiger partial charge >= 0.3 is 6.03 Å². The molecule has 2 aromatic rings. The van der Waals surface area contributed by atoms with Crippen LogP contribution in [0.5, 0.6) is 5.75 Å². The van der Waals surface area contributed by atoms with Gasteiger partial charge in [-0.05, 0) is 87.7 Å². The van der Waals surface area contributed by atoms with E-state index in [2.05, 4.69) is 21.6 Å². The Labute approximate surface area is 202 Å². The number of urea groups is 1. The molecule has 7 nitrogen and oxygen atoms in total. The molecule has 4 rings (SSSR count). The number of hydrogen-bond donors (Lipinski definition) is 2. The number of likely N-dealkylation sites (tertiary alicyclic amines) is 2. The van der Waals surface area contributed by atoms with Gasteiger partial charge in [0.2, 0.25) is 0 Å². The molecule has 2 N–H and O–H groups in total. The Bertz CT molecular complexity index is 957. The average Bonchev–Trinajstić information content (AvgIpc) is 3.39. The predicted molar refractivity (Wildman–Crippen MR) is 135 cm³/mol. The summed E-state index contributed by atoms with van der Waals surface area (Å²) in [6.45, 7) is 7.78. The summed E-state index contributed by atoms with van der Waals surface area (Å²) in [5, 5.41) is 6.05. The van der Waals surface area contributed by atoms with Crippen molar-refractivity contribution in [1.29, 1.82) is 0 Å². The van der Waals surface area contributed by atoms with Crippen molar-refractivity contribution in [2.45, 2.75) is 38.5 Å². The maximum atomic E-state index is 12.9. The van der Waals surface area contributed by atoms with Crippen molar-refractivity contribution in [3.63, 3.8) is 0 Å². The number of ether oxygens (including phenoxy) is 1. The normalized spacial score (nSPS) is 18.5. The van der Waals surface area contributed by atoms with Gasteiger partial charge in [0.15, 0.2) is 0 Å². The van der Waals surface area contributed by atoms with Crippen molar-refractivity contribution < 1.29 is 14.3 Å². The lowest BCUT2D eigenvalue weighted by Gasteiger charge is -2.33. The molecule has 0 aliphatic carbocycles. The molecule has 1 atom stereocenters. The molecule has 2 aliphatic heterocycles. The van der Waals surface area contributed by atoms with Gasteiger partial charge < -0.3 is 25.2 Å². The number of anilines is 1. The lowest BCUT2D eigenvalue weighted by atomic mass is 9.89. The zero-order valence-electron chi connectivity index (χ0n) is 20.1. The lowest BCUT2D eigenvalue weighted by molar-refractivity contribution is 0.0949. The largest absolute Gasteiger partial charge is 0.494 e. The van der Waals surface area contributed by atoms with Crippen molar-refractivity contribution in [2.24, 2.45) is 0 Å². The van der Waals surface area contributed by atoms with Crippen LogP contribution < -0.4 is 15.4 Å². The zero-order chi connectivity index (χ0) is 23.8. The smallest absolute Gasteiger partial charge is 0.321 e. The second kappa shape index (κ2) is 11.9. The Hall–Kier alpha value is -3.06. The van der Waals surface area contributed by atoms with Crippen molar-refractivity contribution in [2.75, 3.05) is 51.2 Å². The lowest BCUT2D eigenvalue weighted by Crippen LogP contribution is -2.41. The fourth-order valence-electron chi connectivity index (χ4n) is 4.81. The third-order valence-electron chi connectivity index (χ3n) is 6.66. The van der Waals surface area contributed by atoms with Crippen molar-refractivity contribution in [3.05, 3.63) is 59.7 Å². The highest BCUT2D eigenvalue weighted by atomic mass is 16.5. The first-order chi connectivity index (χ1) is 16.6. The Morgan fingerprint density at radius 3 is 2.59 bits per heavy atom. The number of carbonyl (C=O) groups is 2. The minimum absolute atomic E-state index is 0.0260. The van der Waals surface area contributed by atoms with Gasteiger partial charge in [-0.1, -0.05) is 12.1 Å². The van der Waals surface area contributed by atoms with Gasteiger partial charge in [0.1, 0.15) is 5.75 Å². The highest BCUT2D eigenvalue weighted by molar-refractivity contribution is 5.94.